The van der Waals surface area contributed by atoms with E-state index < -0.39 is 0 Å². The maximum Gasteiger partial charge on any atom is 0.0552 e. The highest BCUT2D eigenvalue weighted by atomic mass is 15.1. The molecule has 1 aliphatic rings. The zero-order valence-corrected chi connectivity index (χ0v) is 9.32. The van der Waals surface area contributed by atoms with Crippen LogP contribution in [0.1, 0.15) is 13.3 Å². The van der Waals surface area contributed by atoms with E-state index in [0.717, 1.165) is 26.2 Å². The molecule has 0 amide bonds. The van der Waals surface area contributed by atoms with Crippen LogP contribution >= 0.6 is 0 Å². The lowest BCUT2D eigenvalue weighted by Gasteiger charge is -2.30. The highest BCUT2D eigenvalue weighted by molar-refractivity contribution is 5.43. The maximum absolute atomic E-state index is 4.18. The lowest BCUT2D eigenvalue weighted by molar-refractivity contribution is 0.468. The second kappa shape index (κ2) is 5.12. The minimum absolute atomic E-state index is 0.700. The molecule has 1 fully saturated rings. The summed E-state index contributed by atoms with van der Waals surface area (Å²) < 4.78 is 0. The van der Waals surface area contributed by atoms with Crippen molar-refractivity contribution in [1.82, 2.24) is 10.3 Å². The summed E-state index contributed by atoms with van der Waals surface area (Å²) in [5.74, 6) is 0.700. The number of rotatable bonds is 1. The average molecular weight is 205 g/mol. The van der Waals surface area contributed by atoms with Gasteiger partial charge in [0.15, 0.2) is 0 Å². The zero-order chi connectivity index (χ0) is 10.5. The number of pyridine rings is 1. The Hall–Kier alpha value is -1.09. The van der Waals surface area contributed by atoms with Gasteiger partial charge in [0.2, 0.25) is 0 Å². The molecule has 0 aromatic carbocycles. The predicted molar refractivity (Wildman–Crippen MR) is 63.1 cm³/mol. The van der Waals surface area contributed by atoms with Crippen molar-refractivity contribution in [2.45, 2.75) is 13.3 Å². The third-order valence-corrected chi connectivity index (χ3v) is 2.82. The SMILES string of the molecule is CC1CNCCCN(c2cccnc2)C1. The minimum Gasteiger partial charge on any atom is -0.370 e. The van der Waals surface area contributed by atoms with E-state index in [1.807, 2.05) is 18.5 Å². The average Bonchev–Trinajstić information content (AvgIpc) is 2.24. The van der Waals surface area contributed by atoms with E-state index in [1.165, 1.54) is 12.1 Å². The first-order chi connectivity index (χ1) is 7.36. The van der Waals surface area contributed by atoms with E-state index in [9.17, 15) is 0 Å². The van der Waals surface area contributed by atoms with Crippen LogP contribution in [-0.4, -0.2) is 31.2 Å². The van der Waals surface area contributed by atoms with Gasteiger partial charge in [0.1, 0.15) is 0 Å². The van der Waals surface area contributed by atoms with Crippen LogP contribution in [0.4, 0.5) is 5.69 Å². The molecule has 1 atom stereocenters. The molecular weight excluding hydrogens is 186 g/mol. The Morgan fingerprint density at radius 1 is 1.53 bits per heavy atom. The summed E-state index contributed by atoms with van der Waals surface area (Å²) in [4.78, 5) is 6.62. The van der Waals surface area contributed by atoms with E-state index in [4.69, 9.17) is 0 Å². The zero-order valence-electron chi connectivity index (χ0n) is 9.32. The Labute approximate surface area is 91.5 Å². The monoisotopic (exact) mass is 205 g/mol. The fraction of sp³-hybridized carbons (Fsp3) is 0.583. The van der Waals surface area contributed by atoms with Crippen LogP contribution in [0.15, 0.2) is 24.5 Å². The molecule has 0 bridgehead atoms. The Balaban J connectivity index is 2.05. The molecular formula is C12H19N3. The summed E-state index contributed by atoms with van der Waals surface area (Å²) in [5, 5.41) is 3.47. The molecule has 0 spiro atoms. The van der Waals surface area contributed by atoms with Gasteiger partial charge in [-0.1, -0.05) is 6.92 Å². The molecule has 2 rings (SSSR count). The summed E-state index contributed by atoms with van der Waals surface area (Å²) >= 11 is 0. The van der Waals surface area contributed by atoms with Crippen molar-refractivity contribution in [3.8, 4) is 0 Å². The minimum atomic E-state index is 0.700. The van der Waals surface area contributed by atoms with E-state index >= 15 is 0 Å². The van der Waals surface area contributed by atoms with Crippen molar-refractivity contribution in [2.75, 3.05) is 31.1 Å². The third kappa shape index (κ3) is 2.93. The van der Waals surface area contributed by atoms with Gasteiger partial charge in [-0.2, -0.15) is 0 Å². The molecule has 1 aromatic rings. The Kier molecular flexibility index (Phi) is 3.56. The Morgan fingerprint density at radius 3 is 3.27 bits per heavy atom. The molecule has 3 heteroatoms. The van der Waals surface area contributed by atoms with Gasteiger partial charge in [-0.05, 0) is 37.6 Å². The van der Waals surface area contributed by atoms with E-state index in [2.05, 4.69) is 28.2 Å². The Bertz CT molecular complexity index is 286. The number of nitrogens with zero attached hydrogens (tertiary/aromatic N) is 2. The molecule has 1 N–H and O–H groups in total. The lowest BCUT2D eigenvalue weighted by atomic mass is 10.1. The molecule has 1 unspecified atom stereocenters. The van der Waals surface area contributed by atoms with Crippen LogP contribution in [0.2, 0.25) is 0 Å². The van der Waals surface area contributed by atoms with Crippen LogP contribution in [-0.2, 0) is 0 Å². The summed E-state index contributed by atoms with van der Waals surface area (Å²) in [7, 11) is 0. The van der Waals surface area contributed by atoms with E-state index in [0.29, 0.717) is 5.92 Å². The van der Waals surface area contributed by atoms with Gasteiger partial charge >= 0.3 is 0 Å². The molecule has 82 valence electrons. The van der Waals surface area contributed by atoms with Gasteiger partial charge in [-0.15, -0.1) is 0 Å². The molecule has 0 aliphatic carbocycles. The van der Waals surface area contributed by atoms with Crippen molar-refractivity contribution in [1.29, 1.82) is 0 Å². The van der Waals surface area contributed by atoms with Crippen LogP contribution in [0.3, 0.4) is 0 Å². The number of anilines is 1. The van der Waals surface area contributed by atoms with Crippen molar-refractivity contribution < 1.29 is 0 Å². The molecule has 0 radical (unpaired) electrons. The van der Waals surface area contributed by atoms with E-state index in [1.54, 1.807) is 0 Å². The number of nitrogens with one attached hydrogen (secondary N) is 1. The van der Waals surface area contributed by atoms with Crippen LogP contribution in [0.5, 0.6) is 0 Å². The van der Waals surface area contributed by atoms with Crippen molar-refractivity contribution in [2.24, 2.45) is 5.92 Å². The molecule has 0 saturated carbocycles. The van der Waals surface area contributed by atoms with Crippen LogP contribution in [0, 0.1) is 5.92 Å². The first kappa shape index (κ1) is 10.4. The topological polar surface area (TPSA) is 28.2 Å². The van der Waals surface area contributed by atoms with Crippen LogP contribution < -0.4 is 10.2 Å². The largest absolute Gasteiger partial charge is 0.370 e. The Morgan fingerprint density at radius 2 is 2.47 bits per heavy atom. The third-order valence-electron chi connectivity index (χ3n) is 2.82. The summed E-state index contributed by atoms with van der Waals surface area (Å²) in [5.41, 5.74) is 1.26. The summed E-state index contributed by atoms with van der Waals surface area (Å²) in [6.45, 7) is 6.79. The first-order valence-corrected chi connectivity index (χ1v) is 5.72. The van der Waals surface area contributed by atoms with Crippen molar-refractivity contribution in [3.63, 3.8) is 0 Å². The molecule has 15 heavy (non-hydrogen) atoms. The maximum atomic E-state index is 4.18. The summed E-state index contributed by atoms with van der Waals surface area (Å²) in [6.07, 6.45) is 5.00. The summed E-state index contributed by atoms with van der Waals surface area (Å²) in [6, 6.07) is 4.16. The second-order valence-electron chi connectivity index (χ2n) is 4.32. The van der Waals surface area contributed by atoms with Gasteiger partial charge in [0.25, 0.3) is 0 Å². The number of hydrogen-bond donors (Lipinski definition) is 1. The predicted octanol–water partition coefficient (Wildman–Crippen LogP) is 1.52. The lowest BCUT2D eigenvalue weighted by Crippen LogP contribution is -2.38. The number of aromatic nitrogens is 1. The molecule has 3 nitrogen and oxygen atoms in total. The van der Waals surface area contributed by atoms with E-state index in [-0.39, 0.29) is 0 Å². The fourth-order valence-corrected chi connectivity index (χ4v) is 2.05. The molecule has 1 aliphatic heterocycles. The molecule has 2 heterocycles. The van der Waals surface area contributed by atoms with Gasteiger partial charge < -0.3 is 10.2 Å². The fourth-order valence-electron chi connectivity index (χ4n) is 2.05. The highest BCUT2D eigenvalue weighted by Crippen LogP contribution is 2.15. The second-order valence-corrected chi connectivity index (χ2v) is 4.32. The van der Waals surface area contributed by atoms with Gasteiger partial charge in [0.05, 0.1) is 11.9 Å². The standard InChI is InChI=1S/C12H19N3/c1-11-8-13-6-3-7-15(10-11)12-4-2-5-14-9-12/h2,4-5,9,11,13H,3,6-8,10H2,1H3. The van der Waals surface area contributed by atoms with Gasteiger partial charge in [-0.3, -0.25) is 4.98 Å². The van der Waals surface area contributed by atoms with Gasteiger partial charge in [0, 0.05) is 19.3 Å². The molecule has 1 aromatic heterocycles. The highest BCUT2D eigenvalue weighted by Gasteiger charge is 2.13. The van der Waals surface area contributed by atoms with Crippen LogP contribution in [0.25, 0.3) is 0 Å². The normalized spacial score (nSPS) is 23.3. The number of hydrogen-bond acceptors (Lipinski definition) is 3. The van der Waals surface area contributed by atoms with Gasteiger partial charge in [-0.25, -0.2) is 0 Å². The smallest absolute Gasteiger partial charge is 0.0552 e. The quantitative estimate of drug-likeness (QED) is 0.753. The first-order valence-electron chi connectivity index (χ1n) is 5.72. The van der Waals surface area contributed by atoms with Crippen molar-refractivity contribution in [3.05, 3.63) is 24.5 Å². The van der Waals surface area contributed by atoms with Crippen molar-refractivity contribution >= 4 is 5.69 Å². The molecule has 1 saturated heterocycles.